The van der Waals surface area contributed by atoms with Crippen LogP contribution >= 0.6 is 0 Å². The van der Waals surface area contributed by atoms with Crippen LogP contribution in [-0.2, 0) is 13.0 Å². The van der Waals surface area contributed by atoms with E-state index in [1.165, 1.54) is 6.33 Å². The summed E-state index contributed by atoms with van der Waals surface area (Å²) < 4.78 is 6.64. The van der Waals surface area contributed by atoms with E-state index in [4.69, 9.17) is 10.3 Å². The largest absolute Gasteiger partial charge is 0.397 e. The Morgan fingerprint density at radius 1 is 1.61 bits per heavy atom. The Balaban J connectivity index is 1.91. The highest BCUT2D eigenvalue weighted by atomic mass is 16.5. The summed E-state index contributed by atoms with van der Waals surface area (Å²) >= 11 is 0. The molecule has 0 aliphatic heterocycles. The number of carbonyl (C=O) groups is 1. The second kappa shape index (κ2) is 5.35. The summed E-state index contributed by atoms with van der Waals surface area (Å²) in [6.07, 6.45) is 3.58. The minimum atomic E-state index is -0.159. The topological polar surface area (TPSA) is 99.0 Å². The smallest absolute Gasteiger partial charge is 0.267 e. The fourth-order valence-electron chi connectivity index (χ4n) is 1.66. The lowest BCUT2D eigenvalue weighted by Gasteiger charge is -2.06. The van der Waals surface area contributed by atoms with Crippen molar-refractivity contribution in [2.75, 3.05) is 12.3 Å². The van der Waals surface area contributed by atoms with E-state index >= 15 is 0 Å². The summed E-state index contributed by atoms with van der Waals surface area (Å²) in [5.41, 5.74) is 6.80. The Hall–Kier alpha value is -2.31. The van der Waals surface area contributed by atoms with Gasteiger partial charge in [-0.25, -0.2) is 0 Å². The van der Waals surface area contributed by atoms with Gasteiger partial charge in [0.2, 0.25) is 5.89 Å². The van der Waals surface area contributed by atoms with Crippen molar-refractivity contribution in [3.63, 3.8) is 0 Å². The molecular formula is C11H15N5O2. The van der Waals surface area contributed by atoms with Gasteiger partial charge in [0.1, 0.15) is 5.69 Å². The van der Waals surface area contributed by atoms with Crippen molar-refractivity contribution in [2.45, 2.75) is 19.9 Å². The maximum absolute atomic E-state index is 11.9. The lowest BCUT2D eigenvalue weighted by Crippen LogP contribution is -2.27. The van der Waals surface area contributed by atoms with Crippen LogP contribution in [0.5, 0.6) is 0 Å². The molecule has 0 bridgehead atoms. The molecule has 0 atom stereocenters. The molecule has 2 heterocycles. The Bertz CT molecular complexity index is 518. The van der Waals surface area contributed by atoms with Gasteiger partial charge >= 0.3 is 0 Å². The zero-order valence-electron chi connectivity index (χ0n) is 10.1. The highest BCUT2D eigenvalue weighted by Gasteiger charge is 2.11. The lowest BCUT2D eigenvalue weighted by atomic mass is 10.3. The number of aryl methyl sites for hydroxylation is 1. The predicted octanol–water partition coefficient (Wildman–Crippen LogP) is 0.446. The Morgan fingerprint density at radius 3 is 3.11 bits per heavy atom. The standard InChI is InChI=1S/C11H15N5O2/c1-2-16-6-8(12)5-9(16)11(17)13-4-3-10-14-7-15-18-10/h5-7H,2-4,12H2,1H3,(H,13,17). The Labute approximate surface area is 104 Å². The number of nitrogens with two attached hydrogens (primary N) is 1. The highest BCUT2D eigenvalue weighted by molar-refractivity contribution is 5.93. The van der Waals surface area contributed by atoms with E-state index in [2.05, 4.69) is 15.5 Å². The van der Waals surface area contributed by atoms with Crippen LogP contribution in [0.15, 0.2) is 23.1 Å². The summed E-state index contributed by atoms with van der Waals surface area (Å²) in [5.74, 6) is 0.341. The van der Waals surface area contributed by atoms with E-state index in [9.17, 15) is 4.79 Å². The molecule has 18 heavy (non-hydrogen) atoms. The number of rotatable bonds is 5. The molecule has 0 aromatic carbocycles. The number of carbonyl (C=O) groups excluding carboxylic acids is 1. The third-order valence-corrected chi connectivity index (χ3v) is 2.52. The summed E-state index contributed by atoms with van der Waals surface area (Å²) in [5, 5.41) is 6.27. The fourth-order valence-corrected chi connectivity index (χ4v) is 1.66. The van der Waals surface area contributed by atoms with Crippen LogP contribution in [-0.4, -0.2) is 27.2 Å². The van der Waals surface area contributed by atoms with Gasteiger partial charge in [-0.2, -0.15) is 4.98 Å². The molecule has 1 amide bonds. The van der Waals surface area contributed by atoms with Gasteiger partial charge in [0.25, 0.3) is 5.91 Å². The molecule has 0 aliphatic rings. The van der Waals surface area contributed by atoms with Crippen molar-refractivity contribution >= 4 is 11.6 Å². The van der Waals surface area contributed by atoms with Crippen LogP contribution in [0.4, 0.5) is 5.69 Å². The number of nitrogens with zero attached hydrogens (tertiary/aromatic N) is 3. The molecule has 0 saturated carbocycles. The highest BCUT2D eigenvalue weighted by Crippen LogP contribution is 2.10. The van der Waals surface area contributed by atoms with Gasteiger partial charge in [-0.15, -0.1) is 0 Å². The van der Waals surface area contributed by atoms with Crippen LogP contribution in [0.25, 0.3) is 0 Å². The first-order valence-electron chi connectivity index (χ1n) is 5.70. The van der Waals surface area contributed by atoms with E-state index < -0.39 is 0 Å². The molecule has 3 N–H and O–H groups in total. The quantitative estimate of drug-likeness (QED) is 0.801. The molecule has 2 aromatic heterocycles. The third kappa shape index (κ3) is 2.68. The maximum atomic E-state index is 11.9. The molecule has 0 aliphatic carbocycles. The van der Waals surface area contributed by atoms with Crippen LogP contribution in [0.1, 0.15) is 23.3 Å². The number of hydrogen-bond donors (Lipinski definition) is 2. The maximum Gasteiger partial charge on any atom is 0.267 e. The molecular weight excluding hydrogens is 234 g/mol. The van der Waals surface area contributed by atoms with E-state index in [1.807, 2.05) is 6.92 Å². The van der Waals surface area contributed by atoms with Crippen molar-refractivity contribution in [2.24, 2.45) is 0 Å². The van der Waals surface area contributed by atoms with Gasteiger partial charge in [0.15, 0.2) is 6.33 Å². The summed E-state index contributed by atoms with van der Waals surface area (Å²) in [7, 11) is 0. The fraction of sp³-hybridized carbons (Fsp3) is 0.364. The summed E-state index contributed by atoms with van der Waals surface area (Å²) in [6.45, 7) is 3.09. The van der Waals surface area contributed by atoms with E-state index in [-0.39, 0.29) is 5.91 Å². The van der Waals surface area contributed by atoms with Crippen molar-refractivity contribution in [1.29, 1.82) is 0 Å². The minimum Gasteiger partial charge on any atom is -0.397 e. The molecule has 2 aromatic rings. The second-order valence-electron chi connectivity index (χ2n) is 3.79. The van der Waals surface area contributed by atoms with Crippen LogP contribution in [0, 0.1) is 0 Å². The number of hydrogen-bond acceptors (Lipinski definition) is 5. The molecule has 0 spiro atoms. The predicted molar refractivity (Wildman–Crippen MR) is 64.9 cm³/mol. The number of anilines is 1. The molecule has 7 heteroatoms. The van der Waals surface area contributed by atoms with Gasteiger partial charge in [-0.05, 0) is 13.0 Å². The molecule has 96 valence electrons. The zero-order chi connectivity index (χ0) is 13.0. The van der Waals surface area contributed by atoms with E-state index in [0.717, 1.165) is 0 Å². The first kappa shape index (κ1) is 12.2. The lowest BCUT2D eigenvalue weighted by molar-refractivity contribution is 0.0944. The average Bonchev–Trinajstić information content (AvgIpc) is 2.98. The number of aromatic nitrogens is 3. The molecule has 0 saturated heterocycles. The molecule has 2 rings (SSSR count). The second-order valence-corrected chi connectivity index (χ2v) is 3.79. The minimum absolute atomic E-state index is 0.159. The van der Waals surface area contributed by atoms with Crippen LogP contribution < -0.4 is 11.1 Å². The summed E-state index contributed by atoms with van der Waals surface area (Å²) in [4.78, 5) is 15.8. The Kier molecular flexibility index (Phi) is 3.61. The van der Waals surface area contributed by atoms with Crippen molar-refractivity contribution in [1.82, 2.24) is 20.0 Å². The number of amides is 1. The van der Waals surface area contributed by atoms with Gasteiger partial charge in [0, 0.05) is 25.7 Å². The molecule has 0 fully saturated rings. The third-order valence-electron chi connectivity index (χ3n) is 2.52. The van der Waals surface area contributed by atoms with Crippen molar-refractivity contribution < 1.29 is 9.32 Å². The normalized spacial score (nSPS) is 10.5. The van der Waals surface area contributed by atoms with Crippen LogP contribution in [0.3, 0.4) is 0 Å². The first-order chi connectivity index (χ1) is 8.70. The van der Waals surface area contributed by atoms with E-state index in [0.29, 0.717) is 36.8 Å². The zero-order valence-corrected chi connectivity index (χ0v) is 10.1. The molecule has 7 nitrogen and oxygen atoms in total. The van der Waals surface area contributed by atoms with Crippen molar-refractivity contribution in [3.8, 4) is 0 Å². The van der Waals surface area contributed by atoms with E-state index in [1.54, 1.807) is 16.8 Å². The Morgan fingerprint density at radius 2 is 2.44 bits per heavy atom. The number of nitrogen functional groups attached to an aromatic ring is 1. The van der Waals surface area contributed by atoms with Gasteiger partial charge in [-0.3, -0.25) is 4.79 Å². The number of nitrogens with one attached hydrogen (secondary N) is 1. The monoisotopic (exact) mass is 249 g/mol. The van der Waals surface area contributed by atoms with Crippen LogP contribution in [0.2, 0.25) is 0 Å². The molecule has 0 radical (unpaired) electrons. The van der Waals surface area contributed by atoms with Gasteiger partial charge in [0.05, 0.1) is 5.69 Å². The first-order valence-corrected chi connectivity index (χ1v) is 5.70. The SMILES string of the molecule is CCn1cc(N)cc1C(=O)NCCc1ncno1. The summed E-state index contributed by atoms with van der Waals surface area (Å²) in [6, 6.07) is 1.66. The molecule has 0 unspecified atom stereocenters. The van der Waals surface area contributed by atoms with Gasteiger partial charge in [-0.1, -0.05) is 5.16 Å². The average molecular weight is 249 g/mol. The van der Waals surface area contributed by atoms with Gasteiger partial charge < -0.3 is 20.1 Å². The van der Waals surface area contributed by atoms with Crippen molar-refractivity contribution in [3.05, 3.63) is 30.2 Å².